The van der Waals surface area contributed by atoms with Crippen LogP contribution in [0.15, 0.2) is 36.4 Å². The molecule has 2 aromatic rings. The lowest BCUT2D eigenvalue weighted by molar-refractivity contribution is -0.384. The van der Waals surface area contributed by atoms with Crippen LogP contribution in [-0.4, -0.2) is 55.6 Å². The quantitative estimate of drug-likeness (QED) is 0.548. The number of anilines is 1. The van der Waals surface area contributed by atoms with Crippen LogP contribution < -0.4 is 14.4 Å². The van der Waals surface area contributed by atoms with E-state index < -0.39 is 4.92 Å². The number of aryl methyl sites for hydroxylation is 2. The number of benzene rings is 2. The standard InChI is InChI=1S/C21H25N3O5/c1-15-4-5-18(12-16(15)2)29-14-21(25)23-10-8-22(9-11-23)19-7-6-17(28-3)13-20(19)24(26)27/h4-7,12-13H,8-11,14H2,1-3H3. The Balaban J connectivity index is 1.58. The second-order valence-corrected chi connectivity index (χ2v) is 7.01. The monoisotopic (exact) mass is 399 g/mol. The highest BCUT2D eigenvalue weighted by Crippen LogP contribution is 2.32. The van der Waals surface area contributed by atoms with Crippen LogP contribution in [0.2, 0.25) is 0 Å². The summed E-state index contributed by atoms with van der Waals surface area (Å²) < 4.78 is 10.7. The Labute approximate surface area is 169 Å². The van der Waals surface area contributed by atoms with Gasteiger partial charge >= 0.3 is 0 Å². The molecule has 29 heavy (non-hydrogen) atoms. The third-order valence-electron chi connectivity index (χ3n) is 5.19. The van der Waals surface area contributed by atoms with Gasteiger partial charge in [-0.05, 0) is 49.2 Å². The maximum Gasteiger partial charge on any atom is 0.296 e. The molecule has 0 aliphatic carbocycles. The van der Waals surface area contributed by atoms with E-state index in [0.29, 0.717) is 43.4 Å². The van der Waals surface area contributed by atoms with Crippen LogP contribution in [0.5, 0.6) is 11.5 Å². The number of carbonyl (C=O) groups is 1. The first-order chi connectivity index (χ1) is 13.9. The summed E-state index contributed by atoms with van der Waals surface area (Å²) in [6.07, 6.45) is 0. The molecule has 0 atom stereocenters. The average molecular weight is 399 g/mol. The Bertz CT molecular complexity index is 907. The fourth-order valence-corrected chi connectivity index (χ4v) is 3.28. The summed E-state index contributed by atoms with van der Waals surface area (Å²) in [4.78, 5) is 27.1. The molecular formula is C21H25N3O5. The molecule has 1 fully saturated rings. The maximum atomic E-state index is 12.5. The molecule has 8 heteroatoms. The first kappa shape index (κ1) is 20.4. The summed E-state index contributed by atoms with van der Waals surface area (Å²) in [5.74, 6) is 1.03. The second kappa shape index (κ2) is 8.81. The average Bonchev–Trinajstić information content (AvgIpc) is 2.74. The minimum atomic E-state index is -0.410. The van der Waals surface area contributed by atoms with Crippen molar-refractivity contribution in [1.29, 1.82) is 0 Å². The van der Waals surface area contributed by atoms with E-state index in [9.17, 15) is 14.9 Å². The van der Waals surface area contributed by atoms with Gasteiger partial charge in [-0.25, -0.2) is 0 Å². The number of rotatable bonds is 6. The van der Waals surface area contributed by atoms with Gasteiger partial charge in [-0.15, -0.1) is 0 Å². The molecule has 0 spiro atoms. The van der Waals surface area contributed by atoms with Crippen LogP contribution in [0.4, 0.5) is 11.4 Å². The molecule has 0 N–H and O–H groups in total. The lowest BCUT2D eigenvalue weighted by Gasteiger charge is -2.35. The molecule has 1 heterocycles. The van der Waals surface area contributed by atoms with Crippen LogP contribution >= 0.6 is 0 Å². The number of amides is 1. The lowest BCUT2D eigenvalue weighted by atomic mass is 10.1. The smallest absolute Gasteiger partial charge is 0.296 e. The predicted molar refractivity (Wildman–Crippen MR) is 110 cm³/mol. The number of nitrogens with zero attached hydrogens (tertiary/aromatic N) is 3. The molecule has 2 aromatic carbocycles. The van der Waals surface area contributed by atoms with Gasteiger partial charge in [-0.1, -0.05) is 6.07 Å². The number of nitro benzene ring substituents is 1. The number of carbonyl (C=O) groups excluding carboxylic acids is 1. The highest BCUT2D eigenvalue weighted by Gasteiger charge is 2.26. The third kappa shape index (κ3) is 4.77. The van der Waals surface area contributed by atoms with Gasteiger partial charge in [0, 0.05) is 26.2 Å². The third-order valence-corrected chi connectivity index (χ3v) is 5.19. The van der Waals surface area contributed by atoms with Crippen molar-refractivity contribution >= 4 is 17.3 Å². The highest BCUT2D eigenvalue weighted by molar-refractivity contribution is 5.78. The zero-order valence-electron chi connectivity index (χ0n) is 16.9. The Morgan fingerprint density at radius 1 is 1.03 bits per heavy atom. The highest BCUT2D eigenvalue weighted by atomic mass is 16.6. The van der Waals surface area contributed by atoms with Gasteiger partial charge in [0.15, 0.2) is 6.61 Å². The summed E-state index contributed by atoms with van der Waals surface area (Å²) in [6, 6.07) is 10.6. The molecule has 1 aliphatic rings. The SMILES string of the molecule is COc1ccc(N2CCN(C(=O)COc3ccc(C)c(C)c3)CC2)c([N+](=O)[O-])c1. The molecule has 0 radical (unpaired) electrons. The number of methoxy groups -OCH3 is 1. The first-order valence-corrected chi connectivity index (χ1v) is 9.44. The van der Waals surface area contributed by atoms with Crippen LogP contribution in [0.1, 0.15) is 11.1 Å². The van der Waals surface area contributed by atoms with Gasteiger partial charge in [0.1, 0.15) is 17.2 Å². The van der Waals surface area contributed by atoms with Gasteiger partial charge in [0.25, 0.3) is 11.6 Å². The molecule has 0 unspecified atom stereocenters. The summed E-state index contributed by atoms with van der Waals surface area (Å²) in [5.41, 5.74) is 2.83. The number of hydrogen-bond acceptors (Lipinski definition) is 6. The van der Waals surface area contributed by atoms with Crippen molar-refractivity contribution < 1.29 is 19.2 Å². The van der Waals surface area contributed by atoms with E-state index in [4.69, 9.17) is 9.47 Å². The normalized spacial score (nSPS) is 13.9. The molecule has 1 aliphatic heterocycles. The Kier molecular flexibility index (Phi) is 6.21. The van der Waals surface area contributed by atoms with Crippen molar-refractivity contribution in [3.05, 3.63) is 57.6 Å². The summed E-state index contributed by atoms with van der Waals surface area (Å²) in [5, 5.41) is 11.4. The molecule has 3 rings (SSSR count). The fourth-order valence-electron chi connectivity index (χ4n) is 3.28. The van der Waals surface area contributed by atoms with E-state index in [-0.39, 0.29) is 18.2 Å². The Morgan fingerprint density at radius 2 is 1.72 bits per heavy atom. The largest absolute Gasteiger partial charge is 0.496 e. The summed E-state index contributed by atoms with van der Waals surface area (Å²) in [7, 11) is 1.48. The summed E-state index contributed by atoms with van der Waals surface area (Å²) >= 11 is 0. The molecule has 0 aromatic heterocycles. The number of nitro groups is 1. The van der Waals surface area contributed by atoms with Crippen LogP contribution in [0.25, 0.3) is 0 Å². The van der Waals surface area contributed by atoms with Crippen LogP contribution in [0, 0.1) is 24.0 Å². The molecule has 0 saturated carbocycles. The molecule has 8 nitrogen and oxygen atoms in total. The number of hydrogen-bond donors (Lipinski definition) is 0. The van der Waals surface area contributed by atoms with Crippen LogP contribution in [-0.2, 0) is 4.79 Å². The van der Waals surface area contributed by atoms with Gasteiger partial charge in [0.2, 0.25) is 0 Å². The van der Waals surface area contributed by atoms with Crippen molar-refractivity contribution in [3.8, 4) is 11.5 Å². The maximum absolute atomic E-state index is 12.5. The van der Waals surface area contributed by atoms with E-state index in [1.165, 1.54) is 18.7 Å². The fraction of sp³-hybridized carbons (Fsp3) is 0.381. The molecule has 1 saturated heterocycles. The zero-order chi connectivity index (χ0) is 21.0. The van der Waals surface area contributed by atoms with Gasteiger partial charge in [-0.3, -0.25) is 14.9 Å². The summed E-state index contributed by atoms with van der Waals surface area (Å²) in [6.45, 7) is 6.01. The van der Waals surface area contributed by atoms with Crippen molar-refractivity contribution in [2.24, 2.45) is 0 Å². The van der Waals surface area contributed by atoms with Crippen molar-refractivity contribution in [1.82, 2.24) is 4.90 Å². The van der Waals surface area contributed by atoms with Crippen molar-refractivity contribution in [2.75, 3.05) is 44.8 Å². The van der Waals surface area contributed by atoms with Crippen molar-refractivity contribution in [2.45, 2.75) is 13.8 Å². The minimum absolute atomic E-state index is 0.00204. The van der Waals surface area contributed by atoms with E-state index in [0.717, 1.165) is 5.56 Å². The van der Waals surface area contributed by atoms with Gasteiger partial charge in [-0.2, -0.15) is 0 Å². The molecular weight excluding hydrogens is 374 g/mol. The van der Waals surface area contributed by atoms with Crippen molar-refractivity contribution in [3.63, 3.8) is 0 Å². The predicted octanol–water partition coefficient (Wildman–Crippen LogP) is 2.95. The molecule has 0 bridgehead atoms. The van der Waals surface area contributed by atoms with Gasteiger partial charge in [0.05, 0.1) is 18.1 Å². The minimum Gasteiger partial charge on any atom is -0.496 e. The Hall–Kier alpha value is -3.29. The van der Waals surface area contributed by atoms with Crippen LogP contribution in [0.3, 0.4) is 0 Å². The van der Waals surface area contributed by atoms with E-state index in [2.05, 4.69) is 0 Å². The van der Waals surface area contributed by atoms with E-state index in [1.54, 1.807) is 17.0 Å². The van der Waals surface area contributed by atoms with E-state index >= 15 is 0 Å². The first-order valence-electron chi connectivity index (χ1n) is 9.44. The van der Waals surface area contributed by atoms with Gasteiger partial charge < -0.3 is 19.3 Å². The zero-order valence-corrected chi connectivity index (χ0v) is 16.9. The molecule has 1 amide bonds. The van der Waals surface area contributed by atoms with E-state index in [1.807, 2.05) is 36.9 Å². The molecule has 154 valence electrons. The topological polar surface area (TPSA) is 85.2 Å². The Morgan fingerprint density at radius 3 is 2.34 bits per heavy atom. The second-order valence-electron chi connectivity index (χ2n) is 7.01. The number of piperazine rings is 1. The number of ether oxygens (including phenoxy) is 2. The lowest BCUT2D eigenvalue weighted by Crippen LogP contribution is -2.50.